The van der Waals surface area contributed by atoms with E-state index in [1.807, 2.05) is 36.4 Å². The lowest BCUT2D eigenvalue weighted by molar-refractivity contribution is -0.123. The maximum absolute atomic E-state index is 11.8. The second-order valence-electron chi connectivity index (χ2n) is 5.65. The molecule has 3 amide bonds. The minimum absolute atomic E-state index is 0.221. The molecule has 0 aliphatic carbocycles. The van der Waals surface area contributed by atoms with E-state index in [0.29, 0.717) is 17.2 Å². The number of hydrogen-bond donors (Lipinski definition) is 3. The molecule has 27 heavy (non-hydrogen) atoms. The Morgan fingerprint density at radius 3 is 2.30 bits per heavy atom. The van der Waals surface area contributed by atoms with Gasteiger partial charge in [-0.3, -0.25) is 10.2 Å². The van der Waals surface area contributed by atoms with Gasteiger partial charge in [-0.05, 0) is 47.2 Å². The lowest BCUT2D eigenvalue weighted by atomic mass is 10.1. The predicted molar refractivity (Wildman–Crippen MR) is 103 cm³/mol. The molecule has 0 aliphatic heterocycles. The lowest BCUT2D eigenvalue weighted by Crippen LogP contribution is -2.45. The molecule has 0 atom stereocenters. The number of nitrogens with one attached hydrogen (secondary N) is 3. The molecule has 0 bridgehead atoms. The third-order valence-electron chi connectivity index (χ3n) is 3.75. The molecule has 3 aromatic carbocycles. The van der Waals surface area contributed by atoms with Gasteiger partial charge in [0.2, 0.25) is 0 Å². The topological polar surface area (TPSA) is 88.7 Å². The first-order valence-electron chi connectivity index (χ1n) is 8.25. The van der Waals surface area contributed by atoms with Gasteiger partial charge in [0, 0.05) is 5.69 Å². The van der Waals surface area contributed by atoms with Gasteiger partial charge in [0.15, 0.2) is 6.61 Å². The predicted octanol–water partition coefficient (Wildman–Crippen LogP) is 3.08. The SMILES string of the molecule is COc1ccc(NC(=O)NNC(=O)COc2ccc3ccccc3c2)cc1. The summed E-state index contributed by atoms with van der Waals surface area (Å²) in [4.78, 5) is 23.6. The normalized spacial score (nSPS) is 10.1. The fourth-order valence-corrected chi connectivity index (χ4v) is 2.41. The van der Waals surface area contributed by atoms with Gasteiger partial charge < -0.3 is 14.8 Å². The monoisotopic (exact) mass is 365 g/mol. The molecule has 0 fully saturated rings. The third kappa shape index (κ3) is 5.12. The van der Waals surface area contributed by atoms with Crippen LogP contribution < -0.4 is 25.6 Å². The zero-order valence-electron chi connectivity index (χ0n) is 14.7. The number of amides is 3. The van der Waals surface area contributed by atoms with E-state index in [2.05, 4.69) is 16.2 Å². The zero-order valence-corrected chi connectivity index (χ0v) is 14.7. The number of benzene rings is 3. The van der Waals surface area contributed by atoms with Crippen LogP contribution in [-0.4, -0.2) is 25.7 Å². The lowest BCUT2D eigenvalue weighted by Gasteiger charge is -2.10. The molecule has 0 radical (unpaired) electrons. The first kappa shape index (κ1) is 18.1. The Balaban J connectivity index is 1.43. The maximum atomic E-state index is 11.8. The van der Waals surface area contributed by atoms with Gasteiger partial charge >= 0.3 is 6.03 Å². The third-order valence-corrected chi connectivity index (χ3v) is 3.75. The average molecular weight is 365 g/mol. The van der Waals surface area contributed by atoms with Gasteiger partial charge in [-0.2, -0.15) is 0 Å². The number of anilines is 1. The van der Waals surface area contributed by atoms with E-state index in [1.165, 1.54) is 0 Å². The van der Waals surface area contributed by atoms with E-state index in [0.717, 1.165) is 10.8 Å². The highest BCUT2D eigenvalue weighted by Gasteiger charge is 2.06. The number of rotatable bonds is 5. The highest BCUT2D eigenvalue weighted by molar-refractivity contribution is 5.91. The number of hydrazine groups is 1. The molecule has 3 rings (SSSR count). The Morgan fingerprint density at radius 2 is 1.56 bits per heavy atom. The number of carbonyl (C=O) groups excluding carboxylic acids is 2. The second kappa shape index (κ2) is 8.57. The van der Waals surface area contributed by atoms with Crippen molar-refractivity contribution in [1.82, 2.24) is 10.9 Å². The van der Waals surface area contributed by atoms with Crippen molar-refractivity contribution in [3.8, 4) is 11.5 Å². The molecule has 3 aromatic rings. The number of carbonyl (C=O) groups is 2. The molecule has 3 N–H and O–H groups in total. The fraction of sp³-hybridized carbons (Fsp3) is 0.100. The second-order valence-corrected chi connectivity index (χ2v) is 5.65. The maximum Gasteiger partial charge on any atom is 0.337 e. The Kier molecular flexibility index (Phi) is 5.73. The van der Waals surface area contributed by atoms with Gasteiger partial charge in [-0.25, -0.2) is 10.2 Å². The smallest absolute Gasteiger partial charge is 0.337 e. The number of ether oxygens (including phenoxy) is 2. The Bertz CT molecular complexity index is 941. The van der Waals surface area contributed by atoms with Gasteiger partial charge in [0.1, 0.15) is 11.5 Å². The highest BCUT2D eigenvalue weighted by Crippen LogP contribution is 2.20. The first-order valence-corrected chi connectivity index (χ1v) is 8.25. The fourth-order valence-electron chi connectivity index (χ4n) is 2.41. The van der Waals surface area contributed by atoms with Crippen molar-refractivity contribution < 1.29 is 19.1 Å². The van der Waals surface area contributed by atoms with E-state index < -0.39 is 11.9 Å². The van der Waals surface area contributed by atoms with E-state index in [1.54, 1.807) is 37.4 Å². The summed E-state index contributed by atoms with van der Waals surface area (Å²) in [5, 5.41) is 4.69. The van der Waals surface area contributed by atoms with E-state index in [4.69, 9.17) is 9.47 Å². The summed E-state index contributed by atoms with van der Waals surface area (Å²) in [5.41, 5.74) is 5.11. The zero-order chi connectivity index (χ0) is 19.1. The molecular formula is C20H19N3O4. The van der Waals surface area contributed by atoms with E-state index in [9.17, 15) is 9.59 Å². The van der Waals surface area contributed by atoms with Crippen LogP contribution in [0.3, 0.4) is 0 Å². The summed E-state index contributed by atoms with van der Waals surface area (Å²) in [6.45, 7) is -0.221. The molecule has 138 valence electrons. The molecule has 0 unspecified atom stereocenters. The highest BCUT2D eigenvalue weighted by atomic mass is 16.5. The summed E-state index contributed by atoms with van der Waals surface area (Å²) in [7, 11) is 1.56. The minimum Gasteiger partial charge on any atom is -0.497 e. The summed E-state index contributed by atoms with van der Waals surface area (Å²) in [6, 6.07) is 19.6. The van der Waals surface area contributed by atoms with Crippen molar-refractivity contribution in [2.45, 2.75) is 0 Å². The Morgan fingerprint density at radius 1 is 0.852 bits per heavy atom. The summed E-state index contributed by atoms with van der Waals surface area (Å²) in [6.07, 6.45) is 0. The Labute approximate surface area is 156 Å². The standard InChI is InChI=1S/C20H19N3O4/c1-26-17-10-7-16(8-11-17)21-20(25)23-22-19(24)13-27-18-9-6-14-4-2-3-5-15(14)12-18/h2-12H,13H2,1H3,(H,22,24)(H2,21,23,25). The molecular weight excluding hydrogens is 346 g/mol. The van der Waals surface area contributed by atoms with Gasteiger partial charge in [0.05, 0.1) is 7.11 Å². The molecule has 0 saturated heterocycles. The number of methoxy groups -OCH3 is 1. The van der Waals surface area contributed by atoms with Crippen LogP contribution in [0, 0.1) is 0 Å². The van der Waals surface area contributed by atoms with Crippen molar-refractivity contribution in [2.24, 2.45) is 0 Å². The molecule has 7 heteroatoms. The first-order chi connectivity index (χ1) is 13.1. The number of fused-ring (bicyclic) bond motifs is 1. The van der Waals surface area contributed by atoms with Crippen LogP contribution >= 0.6 is 0 Å². The van der Waals surface area contributed by atoms with Gasteiger partial charge in [-0.15, -0.1) is 0 Å². The van der Waals surface area contributed by atoms with Gasteiger partial charge in [0.25, 0.3) is 5.91 Å². The molecule has 0 spiro atoms. The molecule has 7 nitrogen and oxygen atoms in total. The van der Waals surface area contributed by atoms with Crippen molar-refractivity contribution in [1.29, 1.82) is 0 Å². The van der Waals surface area contributed by atoms with Crippen LogP contribution in [0.25, 0.3) is 10.8 Å². The van der Waals surface area contributed by atoms with E-state index in [-0.39, 0.29) is 6.61 Å². The van der Waals surface area contributed by atoms with Crippen molar-refractivity contribution in [3.05, 3.63) is 66.7 Å². The summed E-state index contributed by atoms with van der Waals surface area (Å²) < 4.78 is 10.5. The van der Waals surface area contributed by atoms with Gasteiger partial charge in [-0.1, -0.05) is 30.3 Å². The molecule has 0 aliphatic rings. The average Bonchev–Trinajstić information content (AvgIpc) is 2.71. The van der Waals surface area contributed by atoms with Crippen LogP contribution in [0.5, 0.6) is 11.5 Å². The van der Waals surface area contributed by atoms with Crippen LogP contribution in [0.15, 0.2) is 66.7 Å². The molecule has 0 saturated carbocycles. The van der Waals surface area contributed by atoms with Crippen LogP contribution in [0.4, 0.5) is 10.5 Å². The summed E-state index contributed by atoms with van der Waals surface area (Å²) in [5.74, 6) is 0.777. The summed E-state index contributed by atoms with van der Waals surface area (Å²) >= 11 is 0. The van der Waals surface area contributed by atoms with Crippen molar-refractivity contribution in [3.63, 3.8) is 0 Å². The molecule has 0 heterocycles. The van der Waals surface area contributed by atoms with Crippen LogP contribution in [0.1, 0.15) is 0 Å². The largest absolute Gasteiger partial charge is 0.497 e. The minimum atomic E-state index is -0.570. The van der Waals surface area contributed by atoms with Crippen LogP contribution in [-0.2, 0) is 4.79 Å². The van der Waals surface area contributed by atoms with E-state index >= 15 is 0 Å². The number of urea groups is 1. The Hall–Kier alpha value is -3.74. The van der Waals surface area contributed by atoms with Crippen molar-refractivity contribution in [2.75, 3.05) is 19.0 Å². The van der Waals surface area contributed by atoms with Crippen LogP contribution in [0.2, 0.25) is 0 Å². The van der Waals surface area contributed by atoms with Crippen molar-refractivity contribution >= 4 is 28.4 Å². The quantitative estimate of drug-likeness (QED) is 0.606. The number of hydrogen-bond acceptors (Lipinski definition) is 4. The molecule has 0 aromatic heterocycles.